The van der Waals surface area contributed by atoms with E-state index in [0.717, 1.165) is 37.1 Å². The Morgan fingerprint density at radius 2 is 1.96 bits per heavy atom. The molecule has 4 rings (SSSR count). The fourth-order valence-corrected chi connectivity index (χ4v) is 5.24. The van der Waals surface area contributed by atoms with Crippen molar-refractivity contribution in [3.8, 4) is 0 Å². The maximum absolute atomic E-state index is 12.8. The van der Waals surface area contributed by atoms with Crippen molar-refractivity contribution in [3.05, 3.63) is 35.4 Å². The first-order chi connectivity index (χ1) is 12.1. The van der Waals surface area contributed by atoms with Gasteiger partial charge >= 0.3 is 0 Å². The second-order valence-corrected chi connectivity index (χ2v) is 8.17. The lowest BCUT2D eigenvalue weighted by Crippen LogP contribution is -2.49. The summed E-state index contributed by atoms with van der Waals surface area (Å²) in [6.07, 6.45) is 2.95. The molecule has 1 amide bonds. The van der Waals surface area contributed by atoms with Gasteiger partial charge in [-0.15, -0.1) is 11.8 Å². The van der Waals surface area contributed by atoms with Crippen LogP contribution >= 0.6 is 11.8 Å². The third-order valence-electron chi connectivity index (χ3n) is 5.44. The average Bonchev–Trinajstić information content (AvgIpc) is 3.35. The monoisotopic (exact) mass is 358 g/mol. The minimum Gasteiger partial charge on any atom is -0.341 e. The number of hydrogen-bond donors (Lipinski definition) is 1. The van der Waals surface area contributed by atoms with Crippen LogP contribution in [0, 0.1) is 5.92 Å². The fraction of sp³-hybridized carbons (Fsp3) is 0.526. The lowest BCUT2D eigenvalue weighted by Gasteiger charge is -2.23. The van der Waals surface area contributed by atoms with Crippen molar-refractivity contribution in [2.45, 2.75) is 37.0 Å². The topological polar surface area (TPSA) is 66.5 Å². The van der Waals surface area contributed by atoms with Crippen LogP contribution in [0.1, 0.15) is 35.2 Å². The van der Waals surface area contributed by atoms with E-state index in [-0.39, 0.29) is 35.1 Å². The van der Waals surface area contributed by atoms with Gasteiger partial charge in [-0.1, -0.05) is 24.3 Å². The van der Waals surface area contributed by atoms with Crippen LogP contribution in [0.4, 0.5) is 0 Å². The summed E-state index contributed by atoms with van der Waals surface area (Å²) >= 11 is 1.49. The van der Waals surface area contributed by atoms with E-state index in [1.54, 1.807) is 0 Å². The number of hydrogen-bond acceptors (Lipinski definition) is 5. The van der Waals surface area contributed by atoms with Crippen molar-refractivity contribution in [2.75, 3.05) is 19.0 Å². The first-order valence-corrected chi connectivity index (χ1v) is 9.98. The molecule has 5 nitrogen and oxygen atoms in total. The molecule has 0 saturated carbocycles. The van der Waals surface area contributed by atoms with Crippen molar-refractivity contribution >= 4 is 29.2 Å². The Kier molecular flexibility index (Phi) is 4.65. The highest BCUT2D eigenvalue weighted by Crippen LogP contribution is 2.32. The summed E-state index contributed by atoms with van der Waals surface area (Å²) in [5, 5.41) is 2.81. The summed E-state index contributed by atoms with van der Waals surface area (Å²) in [4.78, 5) is 39.9. The number of nitrogens with one attached hydrogen (secondary N) is 1. The van der Waals surface area contributed by atoms with Crippen LogP contribution in [0.2, 0.25) is 0 Å². The van der Waals surface area contributed by atoms with Gasteiger partial charge in [-0.3, -0.25) is 19.7 Å². The predicted octanol–water partition coefficient (Wildman–Crippen LogP) is 1.65. The molecular formula is C19H22N2O3S. The van der Waals surface area contributed by atoms with Gasteiger partial charge in [0.25, 0.3) is 0 Å². The maximum Gasteiger partial charge on any atom is 0.241 e. The molecule has 3 aliphatic rings. The van der Waals surface area contributed by atoms with E-state index in [4.69, 9.17) is 0 Å². The summed E-state index contributed by atoms with van der Waals surface area (Å²) in [6, 6.07) is 7.16. The molecule has 1 aromatic rings. The van der Waals surface area contributed by atoms with Gasteiger partial charge in [0.05, 0.1) is 5.25 Å². The molecule has 1 aliphatic carbocycles. The van der Waals surface area contributed by atoms with Crippen molar-refractivity contribution in [2.24, 2.45) is 5.92 Å². The zero-order valence-corrected chi connectivity index (χ0v) is 14.9. The van der Waals surface area contributed by atoms with E-state index in [1.807, 2.05) is 29.2 Å². The van der Waals surface area contributed by atoms with E-state index in [9.17, 15) is 14.4 Å². The zero-order chi connectivity index (χ0) is 17.4. The summed E-state index contributed by atoms with van der Waals surface area (Å²) in [5.74, 6) is 0.482. The number of carbonyl (C=O) groups is 3. The Morgan fingerprint density at radius 1 is 1.20 bits per heavy atom. The van der Waals surface area contributed by atoms with Crippen LogP contribution in [0.5, 0.6) is 0 Å². The van der Waals surface area contributed by atoms with E-state index < -0.39 is 6.04 Å². The van der Waals surface area contributed by atoms with Gasteiger partial charge in [0.2, 0.25) is 5.91 Å². The smallest absolute Gasteiger partial charge is 0.241 e. The molecule has 6 heteroatoms. The predicted molar refractivity (Wildman–Crippen MR) is 96.6 cm³/mol. The molecule has 2 saturated heterocycles. The van der Waals surface area contributed by atoms with Gasteiger partial charge in [-0.2, -0.15) is 0 Å². The minimum absolute atomic E-state index is 0.0266. The van der Waals surface area contributed by atoms with E-state index in [1.165, 1.54) is 11.8 Å². The largest absolute Gasteiger partial charge is 0.341 e. The van der Waals surface area contributed by atoms with Crippen molar-refractivity contribution in [1.82, 2.24) is 10.2 Å². The van der Waals surface area contributed by atoms with Crippen molar-refractivity contribution in [1.29, 1.82) is 0 Å². The van der Waals surface area contributed by atoms with Crippen molar-refractivity contribution in [3.63, 3.8) is 0 Å². The SMILES string of the molecule is O=C1c2ccccc2CC1CC(=O)C1SCN[C@@H]1C(=O)N1CCCC1. The van der Waals surface area contributed by atoms with Gasteiger partial charge < -0.3 is 4.90 Å². The van der Waals surface area contributed by atoms with E-state index >= 15 is 0 Å². The number of rotatable bonds is 4. The van der Waals surface area contributed by atoms with Gasteiger partial charge in [0.15, 0.2) is 5.78 Å². The van der Waals surface area contributed by atoms with Crippen LogP contribution in [0.25, 0.3) is 0 Å². The lowest BCUT2D eigenvalue weighted by molar-refractivity contribution is -0.134. The van der Waals surface area contributed by atoms with Gasteiger partial charge in [-0.05, 0) is 24.8 Å². The van der Waals surface area contributed by atoms with E-state index in [2.05, 4.69) is 5.32 Å². The molecular weight excluding hydrogens is 336 g/mol. The molecule has 2 unspecified atom stereocenters. The highest BCUT2D eigenvalue weighted by atomic mass is 32.2. The molecule has 1 aromatic carbocycles. The van der Waals surface area contributed by atoms with Crippen LogP contribution < -0.4 is 5.32 Å². The molecule has 0 bridgehead atoms. The first-order valence-electron chi connectivity index (χ1n) is 8.94. The number of Topliss-reactive ketones (excluding diaryl/α,β-unsaturated/α-hetero) is 2. The fourth-order valence-electron chi connectivity index (χ4n) is 4.10. The molecule has 132 valence electrons. The van der Waals surface area contributed by atoms with Crippen LogP contribution in [-0.4, -0.2) is 52.6 Å². The molecule has 2 fully saturated rings. The van der Waals surface area contributed by atoms with Gasteiger partial charge in [0, 0.05) is 36.9 Å². The Balaban J connectivity index is 1.42. The lowest BCUT2D eigenvalue weighted by atomic mass is 9.94. The molecule has 1 N–H and O–H groups in total. The standard InChI is InChI=1S/C19H22N2O3S/c22-15(10-13-9-12-5-1-2-6-14(12)17(13)23)18-16(20-11-25-18)19(24)21-7-3-4-8-21/h1-2,5-6,13,16,18,20H,3-4,7-11H2/t13?,16-,18?/m0/s1. The Bertz CT molecular complexity index is 714. The highest BCUT2D eigenvalue weighted by Gasteiger charge is 2.42. The Morgan fingerprint density at radius 3 is 2.72 bits per heavy atom. The van der Waals surface area contributed by atoms with Crippen LogP contribution in [0.15, 0.2) is 24.3 Å². The van der Waals surface area contributed by atoms with Gasteiger partial charge in [-0.25, -0.2) is 0 Å². The average molecular weight is 358 g/mol. The molecule has 25 heavy (non-hydrogen) atoms. The maximum atomic E-state index is 12.8. The molecule has 0 aromatic heterocycles. The molecule has 3 atom stereocenters. The number of amides is 1. The summed E-state index contributed by atoms with van der Waals surface area (Å²) in [6.45, 7) is 1.58. The number of fused-ring (bicyclic) bond motifs is 1. The minimum atomic E-state index is -0.436. The molecule has 2 aliphatic heterocycles. The quantitative estimate of drug-likeness (QED) is 0.887. The Labute approximate surface area is 151 Å². The Hall–Kier alpha value is -1.66. The number of carbonyl (C=O) groups excluding carboxylic acids is 3. The number of benzene rings is 1. The second kappa shape index (κ2) is 6.92. The van der Waals surface area contributed by atoms with Crippen LogP contribution in [-0.2, 0) is 16.0 Å². The number of nitrogens with zero attached hydrogens (tertiary/aromatic N) is 1. The summed E-state index contributed by atoms with van der Waals surface area (Å²) in [7, 11) is 0. The number of likely N-dealkylation sites (tertiary alicyclic amines) is 1. The first kappa shape index (κ1) is 16.8. The third kappa shape index (κ3) is 3.13. The summed E-state index contributed by atoms with van der Waals surface area (Å²) in [5.41, 5.74) is 1.79. The van der Waals surface area contributed by atoms with Crippen molar-refractivity contribution < 1.29 is 14.4 Å². The normalized spacial score (nSPS) is 28.4. The second-order valence-electron chi connectivity index (χ2n) is 7.04. The molecule has 0 radical (unpaired) electrons. The van der Waals surface area contributed by atoms with E-state index in [0.29, 0.717) is 12.3 Å². The van der Waals surface area contributed by atoms with Crippen LogP contribution in [0.3, 0.4) is 0 Å². The third-order valence-corrected chi connectivity index (χ3v) is 6.67. The summed E-state index contributed by atoms with van der Waals surface area (Å²) < 4.78 is 0. The van der Waals surface area contributed by atoms with Gasteiger partial charge in [0.1, 0.15) is 11.8 Å². The zero-order valence-electron chi connectivity index (χ0n) is 14.1. The number of ketones is 2. The molecule has 0 spiro atoms. The highest BCUT2D eigenvalue weighted by molar-refractivity contribution is 8.00. The number of thioether (sulfide) groups is 1. The molecule has 2 heterocycles.